The highest BCUT2D eigenvalue weighted by atomic mass is 16.1. The van der Waals surface area contributed by atoms with E-state index in [-0.39, 0.29) is 17.5 Å². The molecule has 0 aromatic carbocycles. The molecule has 0 aliphatic carbocycles. The fourth-order valence-corrected chi connectivity index (χ4v) is 4.29. The van der Waals surface area contributed by atoms with Crippen molar-refractivity contribution < 1.29 is 4.79 Å². The molecule has 1 fully saturated rings. The smallest absolute Gasteiger partial charge is 0.252 e. The molecule has 1 amide bonds. The lowest BCUT2D eigenvalue weighted by atomic mass is 10.1. The molecule has 0 spiro atoms. The van der Waals surface area contributed by atoms with Gasteiger partial charge in [-0.25, -0.2) is 19.5 Å². The number of nitrogens with one attached hydrogen (secondary N) is 1. The highest BCUT2D eigenvalue weighted by Gasteiger charge is 2.32. The predicted molar refractivity (Wildman–Crippen MR) is 124 cm³/mol. The number of carbonyl (C=O) groups excluding carboxylic acids is 1. The van der Waals surface area contributed by atoms with Gasteiger partial charge in [-0.1, -0.05) is 6.92 Å². The molecule has 1 aliphatic heterocycles. The number of fused-ring (bicyclic) bond motifs is 1. The Bertz CT molecular complexity index is 1430. The first-order chi connectivity index (χ1) is 16.3. The van der Waals surface area contributed by atoms with Gasteiger partial charge in [0.25, 0.3) is 5.91 Å². The fraction of sp³-hybridized carbons (Fsp3) is 0.318. The molecule has 34 heavy (non-hydrogen) atoms. The molecule has 1 aliphatic rings. The van der Waals surface area contributed by atoms with E-state index in [1.54, 1.807) is 9.20 Å². The van der Waals surface area contributed by atoms with Gasteiger partial charge in [0, 0.05) is 37.9 Å². The SMILES string of the molecule is Cc1nn(C)cc1-c1cn2ncc(C(N)=O)c(N[C@@H]3CN(c4ncc(C#N)cn4)C[C@H]3C)c2n1. The highest BCUT2D eigenvalue weighted by Crippen LogP contribution is 2.30. The Morgan fingerprint density at radius 3 is 2.65 bits per heavy atom. The van der Waals surface area contributed by atoms with E-state index < -0.39 is 5.91 Å². The van der Waals surface area contributed by atoms with E-state index >= 15 is 0 Å². The van der Waals surface area contributed by atoms with E-state index in [2.05, 4.69) is 32.4 Å². The molecular weight excluding hydrogens is 434 g/mol. The Morgan fingerprint density at radius 2 is 2.00 bits per heavy atom. The molecule has 0 bridgehead atoms. The van der Waals surface area contributed by atoms with Crippen molar-refractivity contribution in [1.29, 1.82) is 5.26 Å². The highest BCUT2D eigenvalue weighted by molar-refractivity contribution is 6.01. The van der Waals surface area contributed by atoms with Crippen LogP contribution in [0.4, 0.5) is 11.6 Å². The summed E-state index contributed by atoms with van der Waals surface area (Å²) in [5, 5.41) is 21.2. The third-order valence-corrected chi connectivity index (χ3v) is 6.04. The van der Waals surface area contributed by atoms with Gasteiger partial charge >= 0.3 is 0 Å². The number of aromatic nitrogens is 7. The molecule has 2 atom stereocenters. The molecule has 5 rings (SSSR count). The van der Waals surface area contributed by atoms with E-state index in [0.717, 1.165) is 11.3 Å². The standard InChI is InChI=1S/C22H23N11O/c1-12-8-32(22-25-5-14(4-23)6-26-22)10-17(12)28-19-15(20(24)34)7-27-33-11-18(29-21(19)33)16-9-31(3)30-13(16)2/h5-7,9,11-12,17,28H,8,10H2,1-3H3,(H2,24,34)/t12-,17-/m1/s1. The maximum Gasteiger partial charge on any atom is 0.252 e. The average Bonchev–Trinajstić information content (AvgIpc) is 3.50. The van der Waals surface area contributed by atoms with Crippen molar-refractivity contribution in [2.45, 2.75) is 19.9 Å². The Kier molecular flexibility index (Phi) is 5.09. The monoisotopic (exact) mass is 457 g/mol. The first-order valence-electron chi connectivity index (χ1n) is 10.8. The van der Waals surface area contributed by atoms with Crippen molar-refractivity contribution in [3.05, 3.63) is 47.8 Å². The molecule has 4 aromatic rings. The first kappa shape index (κ1) is 21.3. The number of amides is 1. The summed E-state index contributed by atoms with van der Waals surface area (Å²) in [5.74, 6) is 0.182. The minimum atomic E-state index is -0.586. The molecule has 4 aromatic heterocycles. The van der Waals surface area contributed by atoms with Gasteiger partial charge in [-0.05, 0) is 12.8 Å². The second-order valence-electron chi connectivity index (χ2n) is 8.51. The normalized spacial score (nSPS) is 17.8. The van der Waals surface area contributed by atoms with Crippen LogP contribution in [-0.4, -0.2) is 59.4 Å². The molecule has 3 N–H and O–H groups in total. The molecule has 0 unspecified atom stereocenters. The summed E-state index contributed by atoms with van der Waals surface area (Å²) in [4.78, 5) is 27.7. The lowest BCUT2D eigenvalue weighted by Crippen LogP contribution is -2.30. The van der Waals surface area contributed by atoms with Crippen molar-refractivity contribution in [1.82, 2.24) is 34.3 Å². The summed E-state index contributed by atoms with van der Waals surface area (Å²) in [5.41, 5.74) is 9.84. The number of nitrogens with two attached hydrogens (primary N) is 1. The largest absolute Gasteiger partial charge is 0.376 e. The third-order valence-electron chi connectivity index (χ3n) is 6.04. The molecule has 1 saturated heterocycles. The molecule has 5 heterocycles. The van der Waals surface area contributed by atoms with Crippen LogP contribution in [0, 0.1) is 24.2 Å². The Hall–Kier alpha value is -4.53. The molecular formula is C22H23N11O. The first-order valence-corrected chi connectivity index (χ1v) is 10.8. The van der Waals surface area contributed by atoms with Crippen LogP contribution >= 0.6 is 0 Å². The second kappa shape index (κ2) is 8.11. The van der Waals surface area contributed by atoms with Crippen LogP contribution in [0.3, 0.4) is 0 Å². The Labute approximate surface area is 195 Å². The number of anilines is 2. The van der Waals surface area contributed by atoms with Gasteiger partial charge in [-0.3, -0.25) is 9.48 Å². The number of hydrogen-bond donors (Lipinski definition) is 2. The van der Waals surface area contributed by atoms with E-state index in [0.29, 0.717) is 41.6 Å². The van der Waals surface area contributed by atoms with Crippen LogP contribution in [0.15, 0.2) is 31.0 Å². The number of rotatable bonds is 5. The number of aryl methyl sites for hydroxylation is 2. The Morgan fingerprint density at radius 1 is 1.24 bits per heavy atom. The number of nitrogens with zero attached hydrogens (tertiary/aromatic N) is 9. The van der Waals surface area contributed by atoms with Crippen molar-refractivity contribution in [3.63, 3.8) is 0 Å². The van der Waals surface area contributed by atoms with Crippen LogP contribution in [0.25, 0.3) is 16.9 Å². The lowest BCUT2D eigenvalue weighted by molar-refractivity contribution is 0.100. The molecule has 0 saturated carbocycles. The zero-order chi connectivity index (χ0) is 24.0. The van der Waals surface area contributed by atoms with Crippen molar-refractivity contribution in [2.75, 3.05) is 23.3 Å². The molecule has 0 radical (unpaired) electrons. The maximum absolute atomic E-state index is 12.2. The maximum atomic E-state index is 12.2. The summed E-state index contributed by atoms with van der Waals surface area (Å²) in [7, 11) is 1.85. The predicted octanol–water partition coefficient (Wildman–Crippen LogP) is 1.14. The third kappa shape index (κ3) is 3.66. The average molecular weight is 458 g/mol. The second-order valence-corrected chi connectivity index (χ2v) is 8.51. The number of hydrogen-bond acceptors (Lipinski definition) is 9. The summed E-state index contributed by atoms with van der Waals surface area (Å²) >= 11 is 0. The molecule has 12 nitrogen and oxygen atoms in total. The van der Waals surface area contributed by atoms with Gasteiger partial charge in [0.15, 0.2) is 5.65 Å². The minimum absolute atomic E-state index is 0.0242. The van der Waals surface area contributed by atoms with Crippen LogP contribution in [0.5, 0.6) is 0 Å². The van der Waals surface area contributed by atoms with Gasteiger partial charge < -0.3 is 16.0 Å². The minimum Gasteiger partial charge on any atom is -0.376 e. The van der Waals surface area contributed by atoms with Crippen molar-refractivity contribution >= 4 is 23.2 Å². The van der Waals surface area contributed by atoms with E-state index in [1.807, 2.05) is 37.3 Å². The van der Waals surface area contributed by atoms with Gasteiger partial charge in [-0.2, -0.15) is 15.5 Å². The zero-order valence-corrected chi connectivity index (χ0v) is 19.0. The number of nitriles is 1. The van der Waals surface area contributed by atoms with Gasteiger partial charge in [-0.15, -0.1) is 0 Å². The van der Waals surface area contributed by atoms with Gasteiger partial charge in [0.05, 0.1) is 53.0 Å². The van der Waals surface area contributed by atoms with Crippen LogP contribution in [0.2, 0.25) is 0 Å². The molecule has 172 valence electrons. The quantitative estimate of drug-likeness (QED) is 0.448. The van der Waals surface area contributed by atoms with Crippen LogP contribution < -0.4 is 16.0 Å². The summed E-state index contributed by atoms with van der Waals surface area (Å²) in [6.45, 7) is 5.35. The number of carbonyl (C=O) groups is 1. The molecule has 12 heteroatoms. The summed E-state index contributed by atoms with van der Waals surface area (Å²) in [6.07, 6.45) is 8.19. The topological polar surface area (TPSA) is 156 Å². The number of imidazole rings is 1. The Balaban J connectivity index is 1.49. The van der Waals surface area contributed by atoms with Gasteiger partial charge in [0.1, 0.15) is 6.07 Å². The number of primary amides is 1. The lowest BCUT2D eigenvalue weighted by Gasteiger charge is -2.20. The summed E-state index contributed by atoms with van der Waals surface area (Å²) < 4.78 is 3.37. The van der Waals surface area contributed by atoms with Crippen LogP contribution in [-0.2, 0) is 7.05 Å². The van der Waals surface area contributed by atoms with E-state index in [9.17, 15) is 4.79 Å². The van der Waals surface area contributed by atoms with Crippen molar-refractivity contribution in [2.24, 2.45) is 18.7 Å². The fourth-order valence-electron chi connectivity index (χ4n) is 4.29. The van der Waals surface area contributed by atoms with Gasteiger partial charge in [0.2, 0.25) is 5.95 Å². The van der Waals surface area contributed by atoms with E-state index in [4.69, 9.17) is 16.0 Å². The van der Waals surface area contributed by atoms with Crippen LogP contribution in [0.1, 0.15) is 28.5 Å². The van der Waals surface area contributed by atoms with E-state index in [1.165, 1.54) is 18.6 Å². The summed E-state index contributed by atoms with van der Waals surface area (Å²) in [6, 6.07) is 2.00. The zero-order valence-electron chi connectivity index (χ0n) is 19.0. The van der Waals surface area contributed by atoms with Crippen molar-refractivity contribution in [3.8, 4) is 17.3 Å².